The lowest BCUT2D eigenvalue weighted by Crippen LogP contribution is -2.21. The van der Waals surface area contributed by atoms with Gasteiger partial charge in [-0.2, -0.15) is 18.4 Å². The van der Waals surface area contributed by atoms with Crippen LogP contribution in [0.3, 0.4) is 0 Å². The summed E-state index contributed by atoms with van der Waals surface area (Å²) in [7, 11) is 0. The molecular weight excluding hydrogens is 538 g/mol. The topological polar surface area (TPSA) is 112 Å². The summed E-state index contributed by atoms with van der Waals surface area (Å²) in [5, 5.41) is 21.9. The first-order valence-corrected chi connectivity index (χ1v) is 11.7. The molecule has 36 heavy (non-hydrogen) atoms. The number of nitrogens with zero attached hydrogens (tertiary/aromatic N) is 4. The number of aliphatic carboxylic acids is 1. The van der Waals surface area contributed by atoms with Gasteiger partial charge in [-0.25, -0.2) is 19.7 Å². The zero-order chi connectivity index (χ0) is 26.3. The number of nitriles is 1. The van der Waals surface area contributed by atoms with Crippen LogP contribution in [0.1, 0.15) is 22.2 Å². The maximum atomic E-state index is 10.6. The number of alkyl halides is 3. The summed E-state index contributed by atoms with van der Waals surface area (Å²) in [6.07, 6.45) is -2.69. The molecule has 0 amide bonds. The van der Waals surface area contributed by atoms with Gasteiger partial charge in [-0.1, -0.05) is 41.4 Å². The molecule has 2 N–H and O–H groups in total. The highest BCUT2D eigenvalue weighted by Crippen LogP contribution is 2.30. The van der Waals surface area contributed by atoms with E-state index in [-0.39, 0.29) is 0 Å². The van der Waals surface area contributed by atoms with Crippen molar-refractivity contribution in [1.82, 2.24) is 15.0 Å². The molecule has 0 aliphatic rings. The van der Waals surface area contributed by atoms with Crippen LogP contribution >= 0.6 is 34.5 Å². The van der Waals surface area contributed by atoms with E-state index < -0.39 is 18.1 Å². The lowest BCUT2D eigenvalue weighted by Gasteiger charge is -2.09. The molecule has 4 aromatic rings. The highest BCUT2D eigenvalue weighted by Gasteiger charge is 2.38. The van der Waals surface area contributed by atoms with Crippen LogP contribution in [0.15, 0.2) is 54.7 Å². The van der Waals surface area contributed by atoms with Crippen molar-refractivity contribution in [2.75, 3.05) is 11.9 Å². The molecule has 0 saturated carbocycles. The van der Waals surface area contributed by atoms with Crippen molar-refractivity contribution in [3.05, 3.63) is 81.0 Å². The molecular formula is C23H16Cl2F3N5O2S. The molecule has 2 aromatic carbocycles. The zero-order valence-corrected chi connectivity index (χ0v) is 20.5. The van der Waals surface area contributed by atoms with Gasteiger partial charge in [0.2, 0.25) is 5.95 Å². The lowest BCUT2D eigenvalue weighted by molar-refractivity contribution is -0.192. The van der Waals surface area contributed by atoms with Crippen LogP contribution < -0.4 is 5.32 Å². The minimum Gasteiger partial charge on any atom is -0.475 e. The van der Waals surface area contributed by atoms with E-state index in [1.807, 2.05) is 36.4 Å². The number of carbonyl (C=O) groups is 1. The monoisotopic (exact) mass is 553 g/mol. The Morgan fingerprint density at radius 1 is 1.14 bits per heavy atom. The predicted molar refractivity (Wildman–Crippen MR) is 131 cm³/mol. The molecule has 0 radical (unpaired) electrons. The second-order valence-electron chi connectivity index (χ2n) is 7.12. The highest BCUT2D eigenvalue weighted by molar-refractivity contribution is 7.18. The number of para-hydroxylation sites is 1. The number of halogens is 5. The Hall–Kier alpha value is -3.46. The molecule has 0 aliphatic carbocycles. The van der Waals surface area contributed by atoms with E-state index in [1.54, 1.807) is 18.3 Å². The first-order chi connectivity index (χ1) is 17.1. The Balaban J connectivity index is 0.000000454. The van der Waals surface area contributed by atoms with Crippen LogP contribution in [0.4, 0.5) is 19.1 Å². The van der Waals surface area contributed by atoms with Gasteiger partial charge in [0.25, 0.3) is 0 Å². The summed E-state index contributed by atoms with van der Waals surface area (Å²) in [6, 6.07) is 17.5. The standard InChI is InChI=1S/C21H15Cl2N5S.C2HF3O2/c22-15-6-5-13(11-16(15)23)7-9-25-21-26-10-8-17(28-21)14(12-24)20-27-18-3-1-2-4-19(18)29-20;3-2(4,5)1(6)7/h1-6,8,10-11,14H,7,9H2,(H,25,26,28);(H,6,7). The van der Waals surface area contributed by atoms with E-state index in [1.165, 1.54) is 11.3 Å². The number of fused-ring (bicyclic) bond motifs is 1. The van der Waals surface area contributed by atoms with Crippen molar-refractivity contribution >= 4 is 56.7 Å². The Labute approximate surface area is 217 Å². The van der Waals surface area contributed by atoms with Crippen LogP contribution in [0.25, 0.3) is 10.2 Å². The molecule has 0 saturated heterocycles. The van der Waals surface area contributed by atoms with Crippen LogP contribution in [-0.4, -0.2) is 38.7 Å². The largest absolute Gasteiger partial charge is 0.490 e. The third-order valence-corrected chi connectivity index (χ3v) is 6.42. The maximum Gasteiger partial charge on any atom is 0.490 e. The number of aromatic nitrogens is 3. The molecule has 0 spiro atoms. The number of anilines is 1. The van der Waals surface area contributed by atoms with E-state index in [0.29, 0.717) is 28.2 Å². The van der Waals surface area contributed by atoms with Crippen molar-refractivity contribution in [1.29, 1.82) is 5.26 Å². The summed E-state index contributed by atoms with van der Waals surface area (Å²) in [6.45, 7) is 0.625. The smallest absolute Gasteiger partial charge is 0.475 e. The predicted octanol–water partition coefficient (Wildman–Crippen LogP) is 6.34. The number of rotatable bonds is 6. The average molecular weight is 554 g/mol. The molecule has 2 heterocycles. The summed E-state index contributed by atoms with van der Waals surface area (Å²) in [5.74, 6) is -2.82. The Kier molecular flexibility index (Phi) is 9.03. The van der Waals surface area contributed by atoms with E-state index in [0.717, 1.165) is 27.2 Å². The van der Waals surface area contributed by atoms with Crippen molar-refractivity contribution in [2.45, 2.75) is 18.5 Å². The normalized spacial score (nSPS) is 11.8. The summed E-state index contributed by atoms with van der Waals surface area (Å²) >= 11 is 13.5. The van der Waals surface area contributed by atoms with E-state index >= 15 is 0 Å². The molecule has 1 unspecified atom stereocenters. The van der Waals surface area contributed by atoms with Crippen LogP contribution in [0.2, 0.25) is 10.0 Å². The van der Waals surface area contributed by atoms with E-state index in [9.17, 15) is 18.4 Å². The van der Waals surface area contributed by atoms with Gasteiger partial charge in [-0.15, -0.1) is 11.3 Å². The quantitative estimate of drug-likeness (QED) is 0.286. The van der Waals surface area contributed by atoms with Crippen LogP contribution in [0.5, 0.6) is 0 Å². The van der Waals surface area contributed by atoms with Crippen molar-refractivity contribution in [3.8, 4) is 6.07 Å². The summed E-state index contributed by atoms with van der Waals surface area (Å²) < 4.78 is 32.8. The number of carboxylic acids is 1. The van der Waals surface area contributed by atoms with E-state index in [2.05, 4.69) is 26.3 Å². The van der Waals surface area contributed by atoms with Gasteiger partial charge in [0.15, 0.2) is 0 Å². The SMILES string of the molecule is N#CC(c1ccnc(NCCc2ccc(Cl)c(Cl)c2)n1)c1nc2ccccc2s1.O=C(O)C(F)(F)F. The second-order valence-corrected chi connectivity index (χ2v) is 8.99. The molecule has 7 nitrogen and oxygen atoms in total. The van der Waals surface area contributed by atoms with E-state index in [4.69, 9.17) is 33.1 Å². The van der Waals surface area contributed by atoms with Gasteiger partial charge in [-0.3, -0.25) is 0 Å². The van der Waals surface area contributed by atoms with Gasteiger partial charge < -0.3 is 10.4 Å². The fourth-order valence-electron chi connectivity index (χ4n) is 2.89. The number of nitrogens with one attached hydrogen (secondary N) is 1. The molecule has 4 rings (SSSR count). The molecule has 0 bridgehead atoms. The lowest BCUT2D eigenvalue weighted by atomic mass is 10.1. The first kappa shape index (κ1) is 27.1. The van der Waals surface area contributed by atoms with Crippen LogP contribution in [-0.2, 0) is 11.2 Å². The second kappa shape index (κ2) is 12.0. The number of benzene rings is 2. The molecule has 0 fully saturated rings. The number of hydrogen-bond acceptors (Lipinski definition) is 7. The van der Waals surface area contributed by atoms with Gasteiger partial charge in [0.05, 0.1) is 32.0 Å². The minimum absolute atomic E-state index is 0.476. The Morgan fingerprint density at radius 2 is 1.86 bits per heavy atom. The Bertz CT molecular complexity index is 1380. The highest BCUT2D eigenvalue weighted by atomic mass is 35.5. The third-order valence-electron chi connectivity index (χ3n) is 4.58. The average Bonchev–Trinajstić information content (AvgIpc) is 3.26. The summed E-state index contributed by atoms with van der Waals surface area (Å²) in [4.78, 5) is 22.3. The Morgan fingerprint density at radius 3 is 2.50 bits per heavy atom. The van der Waals surface area contributed by atoms with Crippen LogP contribution in [0, 0.1) is 11.3 Å². The number of thiazole rings is 1. The zero-order valence-electron chi connectivity index (χ0n) is 18.1. The van der Waals surface area contributed by atoms with Crippen molar-refractivity contribution < 1.29 is 23.1 Å². The molecule has 2 aromatic heterocycles. The molecule has 186 valence electrons. The minimum atomic E-state index is -5.08. The molecule has 0 aliphatic heterocycles. The van der Waals surface area contributed by atoms with Gasteiger partial charge in [-0.05, 0) is 42.3 Å². The van der Waals surface area contributed by atoms with Crippen molar-refractivity contribution in [2.24, 2.45) is 0 Å². The third kappa shape index (κ3) is 7.27. The first-order valence-electron chi connectivity index (χ1n) is 10.1. The number of hydrogen-bond donors (Lipinski definition) is 2. The molecule has 1 atom stereocenters. The van der Waals surface area contributed by atoms with Crippen molar-refractivity contribution in [3.63, 3.8) is 0 Å². The fourth-order valence-corrected chi connectivity index (χ4v) is 4.24. The molecule has 13 heteroatoms. The summed E-state index contributed by atoms with van der Waals surface area (Å²) in [5.41, 5.74) is 2.58. The maximum absolute atomic E-state index is 10.6. The fraction of sp³-hybridized carbons (Fsp3) is 0.174. The van der Waals surface area contributed by atoms with Gasteiger partial charge in [0.1, 0.15) is 10.9 Å². The van der Waals surface area contributed by atoms with Gasteiger partial charge >= 0.3 is 12.1 Å². The number of carboxylic acid groups (broad SMARTS) is 1. The van der Waals surface area contributed by atoms with Gasteiger partial charge in [0, 0.05) is 12.7 Å².